The summed E-state index contributed by atoms with van der Waals surface area (Å²) in [5.74, 6) is 0.814. The molecule has 1 heterocycles. The zero-order chi connectivity index (χ0) is 9.80. The molecule has 2 aromatic rings. The molecule has 1 aromatic carbocycles. The number of aromatic nitrogens is 1. The summed E-state index contributed by atoms with van der Waals surface area (Å²) >= 11 is 3.40. The second kappa shape index (κ2) is 4.28. The van der Waals surface area contributed by atoms with E-state index in [-0.39, 0.29) is 0 Å². The van der Waals surface area contributed by atoms with E-state index < -0.39 is 0 Å². The molecule has 0 N–H and O–H groups in total. The van der Waals surface area contributed by atoms with Gasteiger partial charge in [0.25, 0.3) is 0 Å². The van der Waals surface area contributed by atoms with Gasteiger partial charge in [-0.25, -0.2) is 0 Å². The zero-order valence-electron chi connectivity index (χ0n) is 7.31. The number of hydrogen-bond acceptors (Lipinski definition) is 3. The molecule has 0 fully saturated rings. The molecule has 0 aliphatic carbocycles. The highest BCUT2D eigenvalue weighted by molar-refractivity contribution is 9.10. The van der Waals surface area contributed by atoms with Crippen LogP contribution < -0.4 is 4.74 Å². The number of ether oxygens (including phenoxy) is 1. The third kappa shape index (κ3) is 2.14. The Morgan fingerprint density at radius 2 is 2.21 bits per heavy atom. The lowest BCUT2D eigenvalue weighted by Crippen LogP contribution is -1.93. The van der Waals surface area contributed by atoms with Gasteiger partial charge in [-0.1, -0.05) is 17.3 Å². The molecule has 0 amide bonds. The molecule has 72 valence electrons. The number of benzene rings is 1. The Bertz CT molecular complexity index is 400. The summed E-state index contributed by atoms with van der Waals surface area (Å²) in [7, 11) is 0. The smallest absolute Gasteiger partial charge is 0.133 e. The maximum Gasteiger partial charge on any atom is 0.133 e. The molecule has 4 heteroatoms. The van der Waals surface area contributed by atoms with Crippen LogP contribution in [0.2, 0.25) is 0 Å². The van der Waals surface area contributed by atoms with Gasteiger partial charge in [-0.3, -0.25) is 0 Å². The fourth-order valence-corrected chi connectivity index (χ4v) is 1.42. The van der Waals surface area contributed by atoms with Crippen LogP contribution in [0.3, 0.4) is 0 Å². The molecular formula is C10H8BrNO2. The van der Waals surface area contributed by atoms with Gasteiger partial charge in [-0.05, 0) is 28.1 Å². The molecule has 0 aliphatic rings. The molecule has 3 nitrogen and oxygen atoms in total. The van der Waals surface area contributed by atoms with Crippen LogP contribution in [-0.2, 0) is 6.61 Å². The Morgan fingerprint density at radius 1 is 1.36 bits per heavy atom. The normalized spacial score (nSPS) is 10.1. The van der Waals surface area contributed by atoms with Gasteiger partial charge in [-0.2, -0.15) is 0 Å². The Labute approximate surface area is 89.8 Å². The fraction of sp³-hybridized carbons (Fsp3) is 0.100. The first-order valence-electron chi connectivity index (χ1n) is 4.12. The molecule has 0 spiro atoms. The Morgan fingerprint density at radius 3 is 2.93 bits per heavy atom. The van der Waals surface area contributed by atoms with Gasteiger partial charge in [0, 0.05) is 5.56 Å². The maximum atomic E-state index is 5.53. The summed E-state index contributed by atoms with van der Waals surface area (Å²) in [6, 6.07) is 7.70. The zero-order valence-corrected chi connectivity index (χ0v) is 8.90. The van der Waals surface area contributed by atoms with Crippen LogP contribution in [-0.4, -0.2) is 5.16 Å². The highest BCUT2D eigenvalue weighted by Crippen LogP contribution is 2.24. The molecule has 0 saturated heterocycles. The summed E-state index contributed by atoms with van der Waals surface area (Å²) in [4.78, 5) is 0. The van der Waals surface area contributed by atoms with Crippen LogP contribution in [0, 0.1) is 0 Å². The predicted octanol–water partition coefficient (Wildman–Crippen LogP) is 3.02. The van der Waals surface area contributed by atoms with Gasteiger partial charge in [0.2, 0.25) is 0 Å². The van der Waals surface area contributed by atoms with E-state index in [4.69, 9.17) is 9.26 Å². The van der Waals surface area contributed by atoms with Crippen molar-refractivity contribution < 1.29 is 9.26 Å². The van der Waals surface area contributed by atoms with Crippen molar-refractivity contribution in [2.75, 3.05) is 0 Å². The maximum absolute atomic E-state index is 5.53. The molecule has 0 atom stereocenters. The van der Waals surface area contributed by atoms with Crippen molar-refractivity contribution in [2.45, 2.75) is 6.61 Å². The van der Waals surface area contributed by atoms with Crippen LogP contribution in [0.5, 0.6) is 5.75 Å². The minimum atomic E-state index is 0.464. The molecule has 0 bridgehead atoms. The number of hydrogen-bond donors (Lipinski definition) is 0. The first kappa shape index (κ1) is 9.27. The highest BCUT2D eigenvalue weighted by atomic mass is 79.9. The van der Waals surface area contributed by atoms with E-state index in [1.54, 1.807) is 12.5 Å². The summed E-state index contributed by atoms with van der Waals surface area (Å²) in [5, 5.41) is 3.59. The van der Waals surface area contributed by atoms with Crippen molar-refractivity contribution in [3.63, 3.8) is 0 Å². The number of rotatable bonds is 3. The van der Waals surface area contributed by atoms with Gasteiger partial charge in [0.05, 0.1) is 10.7 Å². The topological polar surface area (TPSA) is 35.3 Å². The van der Waals surface area contributed by atoms with E-state index in [9.17, 15) is 0 Å². The Hall–Kier alpha value is -1.29. The van der Waals surface area contributed by atoms with Crippen LogP contribution in [0.15, 0.2) is 45.7 Å². The van der Waals surface area contributed by atoms with Crippen molar-refractivity contribution in [1.29, 1.82) is 0 Å². The highest BCUT2D eigenvalue weighted by Gasteiger charge is 2.00. The van der Waals surface area contributed by atoms with Crippen LogP contribution >= 0.6 is 15.9 Å². The number of halogens is 1. The van der Waals surface area contributed by atoms with Crippen LogP contribution in [0.4, 0.5) is 0 Å². The van der Waals surface area contributed by atoms with E-state index in [2.05, 4.69) is 21.1 Å². The minimum Gasteiger partial charge on any atom is -0.488 e. The van der Waals surface area contributed by atoms with E-state index in [1.165, 1.54) is 0 Å². The SMILES string of the molecule is Brc1ccccc1OCc1cnoc1. The first-order chi connectivity index (χ1) is 6.86. The van der Waals surface area contributed by atoms with E-state index in [1.807, 2.05) is 24.3 Å². The van der Waals surface area contributed by atoms with Gasteiger partial charge in [0.1, 0.15) is 18.6 Å². The third-order valence-corrected chi connectivity index (χ3v) is 2.37. The fourth-order valence-electron chi connectivity index (χ4n) is 1.02. The van der Waals surface area contributed by atoms with Crippen molar-refractivity contribution in [3.05, 3.63) is 46.8 Å². The molecule has 0 radical (unpaired) electrons. The average Bonchev–Trinajstić information content (AvgIpc) is 2.69. The average molecular weight is 254 g/mol. The molecule has 0 saturated carbocycles. The lowest BCUT2D eigenvalue weighted by Gasteiger charge is -2.05. The lowest BCUT2D eigenvalue weighted by atomic mass is 10.3. The Balaban J connectivity index is 2.02. The van der Waals surface area contributed by atoms with E-state index in [0.717, 1.165) is 15.8 Å². The summed E-state index contributed by atoms with van der Waals surface area (Å²) in [6.07, 6.45) is 3.20. The third-order valence-electron chi connectivity index (χ3n) is 1.71. The van der Waals surface area contributed by atoms with E-state index >= 15 is 0 Å². The number of para-hydroxylation sites is 1. The standard InChI is InChI=1S/C10H8BrNO2/c11-9-3-1-2-4-10(9)13-6-8-5-12-14-7-8/h1-5,7H,6H2. The Kier molecular flexibility index (Phi) is 2.84. The van der Waals surface area contributed by atoms with Gasteiger partial charge >= 0.3 is 0 Å². The second-order valence-electron chi connectivity index (χ2n) is 2.75. The van der Waals surface area contributed by atoms with Gasteiger partial charge in [-0.15, -0.1) is 0 Å². The van der Waals surface area contributed by atoms with E-state index in [0.29, 0.717) is 6.61 Å². The van der Waals surface area contributed by atoms with Crippen molar-refractivity contribution >= 4 is 15.9 Å². The first-order valence-corrected chi connectivity index (χ1v) is 4.91. The monoisotopic (exact) mass is 253 g/mol. The molecule has 2 rings (SSSR count). The molecule has 1 aromatic heterocycles. The van der Waals surface area contributed by atoms with Crippen molar-refractivity contribution in [3.8, 4) is 5.75 Å². The molecule has 14 heavy (non-hydrogen) atoms. The predicted molar refractivity (Wildman–Crippen MR) is 55.0 cm³/mol. The second-order valence-corrected chi connectivity index (χ2v) is 3.61. The van der Waals surface area contributed by atoms with Gasteiger partial charge in [0.15, 0.2) is 0 Å². The van der Waals surface area contributed by atoms with Crippen LogP contribution in [0.25, 0.3) is 0 Å². The van der Waals surface area contributed by atoms with Crippen molar-refractivity contribution in [2.24, 2.45) is 0 Å². The number of nitrogens with zero attached hydrogens (tertiary/aromatic N) is 1. The lowest BCUT2D eigenvalue weighted by molar-refractivity contribution is 0.302. The van der Waals surface area contributed by atoms with Gasteiger partial charge < -0.3 is 9.26 Å². The summed E-state index contributed by atoms with van der Waals surface area (Å²) in [5.41, 5.74) is 0.917. The molecule has 0 unspecified atom stereocenters. The summed E-state index contributed by atoms with van der Waals surface area (Å²) in [6.45, 7) is 0.464. The quantitative estimate of drug-likeness (QED) is 0.844. The molecular weight excluding hydrogens is 246 g/mol. The van der Waals surface area contributed by atoms with Crippen LogP contribution in [0.1, 0.15) is 5.56 Å². The van der Waals surface area contributed by atoms with Crippen molar-refractivity contribution in [1.82, 2.24) is 5.16 Å². The summed E-state index contributed by atoms with van der Waals surface area (Å²) < 4.78 is 11.2. The molecule has 0 aliphatic heterocycles. The minimum absolute atomic E-state index is 0.464. The largest absolute Gasteiger partial charge is 0.488 e.